The summed E-state index contributed by atoms with van der Waals surface area (Å²) in [6.45, 7) is 9.03. The highest BCUT2D eigenvalue weighted by molar-refractivity contribution is 7.89. The zero-order valence-corrected chi connectivity index (χ0v) is 22.8. The number of aryl methyl sites for hydroxylation is 1. The maximum absolute atomic E-state index is 13.3. The smallest absolute Gasteiger partial charge is 0.272 e. The van der Waals surface area contributed by atoms with E-state index in [1.807, 2.05) is 39.0 Å². The Bertz CT molecular complexity index is 1510. The van der Waals surface area contributed by atoms with Gasteiger partial charge in [0.15, 0.2) is 5.69 Å². The molecule has 0 radical (unpaired) electrons. The van der Waals surface area contributed by atoms with E-state index in [1.54, 1.807) is 13.8 Å². The summed E-state index contributed by atoms with van der Waals surface area (Å²) >= 11 is 0. The summed E-state index contributed by atoms with van der Waals surface area (Å²) in [5, 5.41) is 18.9. The zero-order chi connectivity index (χ0) is 27.8. The number of nitrogens with zero attached hydrogens (tertiary/aromatic N) is 3. The number of non-ortho nitro benzene ring substituents is 1. The number of sulfonamides is 1. The molecule has 2 aromatic carbocycles. The molecule has 0 saturated heterocycles. The number of carbonyl (C=O) groups is 1. The normalized spacial score (nSPS) is 14.2. The van der Waals surface area contributed by atoms with Crippen LogP contribution in [0.5, 0.6) is 11.6 Å². The molecule has 2 N–H and O–H groups in total. The van der Waals surface area contributed by atoms with E-state index in [0.29, 0.717) is 17.7 Å². The third kappa shape index (κ3) is 5.55. The molecular formula is C26H31N5O6S. The van der Waals surface area contributed by atoms with Crippen LogP contribution in [-0.2, 0) is 10.0 Å². The first-order valence-electron chi connectivity index (χ1n) is 12.4. The van der Waals surface area contributed by atoms with E-state index in [1.165, 1.54) is 16.8 Å². The van der Waals surface area contributed by atoms with E-state index in [0.717, 1.165) is 30.0 Å². The zero-order valence-electron chi connectivity index (χ0n) is 21.9. The molecule has 0 spiro atoms. The van der Waals surface area contributed by atoms with E-state index in [2.05, 4.69) is 15.1 Å². The first-order valence-corrected chi connectivity index (χ1v) is 13.9. The molecule has 0 unspecified atom stereocenters. The van der Waals surface area contributed by atoms with Crippen molar-refractivity contribution < 1.29 is 22.9 Å². The maximum atomic E-state index is 13.3. The molecule has 1 atom stereocenters. The van der Waals surface area contributed by atoms with Gasteiger partial charge in [0.25, 0.3) is 11.6 Å². The average molecular weight is 542 g/mol. The van der Waals surface area contributed by atoms with Gasteiger partial charge in [-0.1, -0.05) is 19.1 Å². The van der Waals surface area contributed by atoms with Gasteiger partial charge in [0.1, 0.15) is 10.6 Å². The van der Waals surface area contributed by atoms with E-state index in [4.69, 9.17) is 4.74 Å². The van der Waals surface area contributed by atoms with Gasteiger partial charge in [0.2, 0.25) is 15.9 Å². The number of nitro groups is 1. The molecule has 202 valence electrons. The van der Waals surface area contributed by atoms with Gasteiger partial charge in [0, 0.05) is 29.8 Å². The summed E-state index contributed by atoms with van der Waals surface area (Å²) in [6, 6.07) is 8.69. The largest absolute Gasteiger partial charge is 0.437 e. The molecule has 1 amide bonds. The predicted octanol–water partition coefficient (Wildman–Crippen LogP) is 4.47. The monoisotopic (exact) mass is 541 g/mol. The second-order valence-corrected chi connectivity index (χ2v) is 11.3. The van der Waals surface area contributed by atoms with Crippen LogP contribution in [0.25, 0.3) is 5.69 Å². The summed E-state index contributed by atoms with van der Waals surface area (Å²) in [5.41, 5.74) is 2.69. The Balaban J connectivity index is 1.88. The van der Waals surface area contributed by atoms with E-state index in [9.17, 15) is 23.3 Å². The number of aromatic nitrogens is 2. The molecule has 1 aliphatic rings. The van der Waals surface area contributed by atoms with Crippen LogP contribution in [-0.4, -0.2) is 41.1 Å². The van der Waals surface area contributed by atoms with Crippen molar-refractivity contribution in [3.63, 3.8) is 0 Å². The van der Waals surface area contributed by atoms with Crippen molar-refractivity contribution in [3.05, 3.63) is 68.9 Å². The Kier molecular flexibility index (Phi) is 7.56. The molecule has 11 nitrogen and oxygen atoms in total. The Morgan fingerprint density at radius 1 is 1.21 bits per heavy atom. The number of rotatable bonds is 10. The van der Waals surface area contributed by atoms with Crippen molar-refractivity contribution in [2.24, 2.45) is 0 Å². The van der Waals surface area contributed by atoms with Crippen LogP contribution in [0.4, 0.5) is 5.69 Å². The van der Waals surface area contributed by atoms with Gasteiger partial charge in [-0.05, 0) is 70.2 Å². The predicted molar refractivity (Wildman–Crippen MR) is 142 cm³/mol. The van der Waals surface area contributed by atoms with Gasteiger partial charge >= 0.3 is 0 Å². The molecule has 1 fully saturated rings. The van der Waals surface area contributed by atoms with Gasteiger partial charge in [-0.2, -0.15) is 9.78 Å². The number of nitrogens with one attached hydrogen (secondary N) is 2. The summed E-state index contributed by atoms with van der Waals surface area (Å²) in [4.78, 5) is 23.4. The third-order valence-corrected chi connectivity index (χ3v) is 8.21. The lowest BCUT2D eigenvalue weighted by Gasteiger charge is -2.17. The first kappa shape index (κ1) is 27.3. The molecule has 0 bridgehead atoms. The van der Waals surface area contributed by atoms with Gasteiger partial charge in [-0.25, -0.2) is 13.1 Å². The molecule has 1 saturated carbocycles. The minimum Gasteiger partial charge on any atom is -0.437 e. The molecule has 38 heavy (non-hydrogen) atoms. The quantitative estimate of drug-likeness (QED) is 0.284. The molecule has 4 rings (SSSR count). The van der Waals surface area contributed by atoms with Crippen LogP contribution in [0.15, 0.2) is 41.3 Å². The van der Waals surface area contributed by atoms with Crippen LogP contribution in [0.2, 0.25) is 0 Å². The Morgan fingerprint density at radius 2 is 1.92 bits per heavy atom. The fourth-order valence-corrected chi connectivity index (χ4v) is 5.32. The van der Waals surface area contributed by atoms with Crippen LogP contribution in [0.3, 0.4) is 0 Å². The van der Waals surface area contributed by atoms with Crippen LogP contribution < -0.4 is 14.8 Å². The number of hydrogen-bond acceptors (Lipinski definition) is 7. The lowest BCUT2D eigenvalue weighted by atomic mass is 10.1. The summed E-state index contributed by atoms with van der Waals surface area (Å²) in [6.07, 6.45) is 2.32. The van der Waals surface area contributed by atoms with E-state index >= 15 is 0 Å². The Morgan fingerprint density at radius 3 is 2.55 bits per heavy atom. The lowest BCUT2D eigenvalue weighted by molar-refractivity contribution is -0.385. The average Bonchev–Trinajstić information content (AvgIpc) is 3.62. The van der Waals surface area contributed by atoms with E-state index in [-0.39, 0.29) is 34.2 Å². The van der Waals surface area contributed by atoms with Crippen LogP contribution >= 0.6 is 0 Å². The number of nitro benzene ring substituents is 1. The van der Waals surface area contributed by atoms with Crippen LogP contribution in [0, 0.1) is 30.9 Å². The fourth-order valence-electron chi connectivity index (χ4n) is 3.85. The standard InChI is InChI=1S/C26H31N5O6S/c1-6-16(3)29-38(35,36)23-14-20(31(33)34)12-13-22(23)37-26-18(5)24(25(32)27-19-10-11-19)28-30(26)21-9-7-8-15(2)17(21)4/h7-9,12-14,16,19,29H,6,10-11H2,1-5H3,(H,27,32)/t16-/m0/s1. The van der Waals surface area contributed by atoms with Crippen molar-refractivity contribution in [2.45, 2.75) is 70.9 Å². The number of benzene rings is 2. The number of hydrogen-bond donors (Lipinski definition) is 2. The minimum atomic E-state index is -4.19. The van der Waals surface area contributed by atoms with Crippen molar-refractivity contribution >= 4 is 21.6 Å². The van der Waals surface area contributed by atoms with Crippen LogP contribution in [0.1, 0.15) is 60.3 Å². The highest BCUT2D eigenvalue weighted by Crippen LogP contribution is 2.36. The molecule has 1 aliphatic carbocycles. The third-order valence-electron chi connectivity index (χ3n) is 6.60. The number of carbonyl (C=O) groups excluding carboxylic acids is 1. The molecule has 1 aromatic heterocycles. The highest BCUT2D eigenvalue weighted by Gasteiger charge is 2.31. The lowest BCUT2D eigenvalue weighted by Crippen LogP contribution is -2.32. The van der Waals surface area contributed by atoms with Crippen molar-refractivity contribution in [3.8, 4) is 17.3 Å². The molecule has 3 aromatic rings. The van der Waals surface area contributed by atoms with Gasteiger partial charge in [-0.15, -0.1) is 0 Å². The molecule has 0 aliphatic heterocycles. The second kappa shape index (κ2) is 10.5. The van der Waals surface area contributed by atoms with Crippen molar-refractivity contribution in [1.29, 1.82) is 0 Å². The van der Waals surface area contributed by atoms with E-state index < -0.39 is 26.7 Å². The second-order valence-electron chi connectivity index (χ2n) is 9.58. The molecule has 1 heterocycles. The van der Waals surface area contributed by atoms with Gasteiger partial charge in [0.05, 0.1) is 10.6 Å². The molecular weight excluding hydrogens is 510 g/mol. The minimum absolute atomic E-state index is 0.107. The summed E-state index contributed by atoms with van der Waals surface area (Å²) in [7, 11) is -4.19. The topological polar surface area (TPSA) is 145 Å². The first-order chi connectivity index (χ1) is 17.9. The van der Waals surface area contributed by atoms with Crippen molar-refractivity contribution in [2.75, 3.05) is 0 Å². The number of amides is 1. The summed E-state index contributed by atoms with van der Waals surface area (Å²) in [5.74, 6) is -0.350. The van der Waals surface area contributed by atoms with Gasteiger partial charge < -0.3 is 10.1 Å². The SMILES string of the molecule is CC[C@H](C)NS(=O)(=O)c1cc([N+](=O)[O-])ccc1Oc1c(C)c(C(=O)NC2CC2)nn1-c1cccc(C)c1C. The molecule has 12 heteroatoms. The summed E-state index contributed by atoms with van der Waals surface area (Å²) < 4.78 is 36.7. The van der Waals surface area contributed by atoms with Crippen molar-refractivity contribution in [1.82, 2.24) is 19.8 Å². The highest BCUT2D eigenvalue weighted by atomic mass is 32.2. The Hall–Kier alpha value is -3.77. The van der Waals surface area contributed by atoms with Gasteiger partial charge in [-0.3, -0.25) is 14.9 Å². The maximum Gasteiger partial charge on any atom is 0.272 e. The Labute approximate surface area is 221 Å². The fraction of sp³-hybridized carbons (Fsp3) is 0.385. The number of ether oxygens (including phenoxy) is 1.